The number of pyridine rings is 1. The summed E-state index contributed by atoms with van der Waals surface area (Å²) >= 11 is 8.50. The van der Waals surface area contributed by atoms with E-state index in [1.54, 1.807) is 0 Å². The highest BCUT2D eigenvalue weighted by Crippen LogP contribution is 2.32. The third-order valence-corrected chi connectivity index (χ3v) is 2.42. The SMILES string of the molecule is Nc1cc(Br)c(Cl)c(C(F)F)n1. The minimum atomic E-state index is -2.71. The first kappa shape index (κ1) is 9.67. The quantitative estimate of drug-likeness (QED) is 0.840. The maximum Gasteiger partial charge on any atom is 0.281 e. The lowest BCUT2D eigenvalue weighted by molar-refractivity contribution is 0.146. The van der Waals surface area contributed by atoms with Crippen molar-refractivity contribution in [3.8, 4) is 0 Å². The number of aromatic nitrogens is 1. The molecule has 66 valence electrons. The van der Waals surface area contributed by atoms with Gasteiger partial charge in [0.1, 0.15) is 11.5 Å². The van der Waals surface area contributed by atoms with Crippen molar-refractivity contribution in [1.29, 1.82) is 0 Å². The molecular formula is C6H4BrClF2N2. The fourth-order valence-corrected chi connectivity index (χ4v) is 1.30. The minimum Gasteiger partial charge on any atom is -0.384 e. The lowest BCUT2D eigenvalue weighted by atomic mass is 10.3. The first-order valence-corrected chi connectivity index (χ1v) is 4.09. The van der Waals surface area contributed by atoms with E-state index in [4.69, 9.17) is 17.3 Å². The number of hydrogen-bond donors (Lipinski definition) is 1. The second kappa shape index (κ2) is 3.53. The van der Waals surface area contributed by atoms with Gasteiger partial charge in [-0.15, -0.1) is 0 Å². The molecule has 0 bridgehead atoms. The summed E-state index contributed by atoms with van der Waals surface area (Å²) in [5.41, 5.74) is 4.74. The summed E-state index contributed by atoms with van der Waals surface area (Å²) in [6.45, 7) is 0. The van der Waals surface area contributed by atoms with E-state index < -0.39 is 12.1 Å². The van der Waals surface area contributed by atoms with Crippen molar-refractivity contribution < 1.29 is 8.78 Å². The molecule has 0 aliphatic heterocycles. The van der Waals surface area contributed by atoms with Crippen LogP contribution in [-0.2, 0) is 0 Å². The van der Waals surface area contributed by atoms with Crippen LogP contribution < -0.4 is 5.73 Å². The summed E-state index contributed by atoms with van der Waals surface area (Å²) < 4.78 is 24.7. The summed E-state index contributed by atoms with van der Waals surface area (Å²) in [7, 11) is 0. The highest BCUT2D eigenvalue weighted by Gasteiger charge is 2.16. The van der Waals surface area contributed by atoms with Gasteiger partial charge in [0.15, 0.2) is 0 Å². The maximum atomic E-state index is 12.2. The number of anilines is 1. The van der Waals surface area contributed by atoms with Crippen molar-refractivity contribution >= 4 is 33.3 Å². The van der Waals surface area contributed by atoms with Gasteiger partial charge in [-0.25, -0.2) is 13.8 Å². The van der Waals surface area contributed by atoms with Gasteiger partial charge < -0.3 is 5.73 Å². The van der Waals surface area contributed by atoms with Gasteiger partial charge in [0.25, 0.3) is 6.43 Å². The fraction of sp³-hybridized carbons (Fsp3) is 0.167. The molecule has 2 N–H and O–H groups in total. The van der Waals surface area contributed by atoms with Gasteiger partial charge >= 0.3 is 0 Å². The average Bonchev–Trinajstić information content (AvgIpc) is 1.96. The van der Waals surface area contributed by atoms with Crippen LogP contribution in [0.4, 0.5) is 14.6 Å². The molecule has 0 fully saturated rings. The Balaban J connectivity index is 3.28. The van der Waals surface area contributed by atoms with Crippen molar-refractivity contribution in [2.75, 3.05) is 5.73 Å². The minimum absolute atomic E-state index is 0.0153. The molecule has 0 saturated heterocycles. The Morgan fingerprint density at radius 2 is 2.17 bits per heavy atom. The van der Waals surface area contributed by atoms with E-state index in [-0.39, 0.29) is 10.8 Å². The molecule has 1 aromatic heterocycles. The molecule has 2 nitrogen and oxygen atoms in total. The summed E-state index contributed by atoms with van der Waals surface area (Å²) in [5, 5.41) is -0.0980. The van der Waals surface area contributed by atoms with Gasteiger partial charge in [-0.2, -0.15) is 0 Å². The molecule has 1 rings (SSSR count). The van der Waals surface area contributed by atoms with Crippen molar-refractivity contribution in [1.82, 2.24) is 4.98 Å². The van der Waals surface area contributed by atoms with Crippen LogP contribution in [0.1, 0.15) is 12.1 Å². The van der Waals surface area contributed by atoms with Gasteiger partial charge in [-0.3, -0.25) is 0 Å². The Bertz CT molecular complexity index is 306. The number of nitrogens with two attached hydrogens (primary N) is 1. The Morgan fingerprint density at radius 3 is 2.67 bits per heavy atom. The van der Waals surface area contributed by atoms with Crippen LogP contribution in [-0.4, -0.2) is 4.98 Å². The Morgan fingerprint density at radius 1 is 1.58 bits per heavy atom. The fourth-order valence-electron chi connectivity index (χ4n) is 0.681. The molecule has 0 unspecified atom stereocenters. The van der Waals surface area contributed by atoms with Gasteiger partial charge in [0.2, 0.25) is 0 Å². The zero-order valence-electron chi connectivity index (χ0n) is 5.69. The summed E-state index contributed by atoms with van der Waals surface area (Å²) in [6, 6.07) is 1.37. The Labute approximate surface area is 80.9 Å². The van der Waals surface area contributed by atoms with Gasteiger partial charge in [-0.1, -0.05) is 11.6 Å². The van der Waals surface area contributed by atoms with Crippen LogP contribution >= 0.6 is 27.5 Å². The van der Waals surface area contributed by atoms with E-state index in [0.717, 1.165) is 0 Å². The standard InChI is InChI=1S/C6H4BrClF2N2/c7-2-1-3(11)12-5(4(2)8)6(9)10/h1,6H,(H2,11,12). The molecule has 0 saturated carbocycles. The second-order valence-electron chi connectivity index (χ2n) is 2.03. The van der Waals surface area contributed by atoms with Crippen molar-refractivity contribution in [3.05, 3.63) is 21.3 Å². The van der Waals surface area contributed by atoms with E-state index >= 15 is 0 Å². The molecule has 0 atom stereocenters. The van der Waals surface area contributed by atoms with Crippen LogP contribution in [0.5, 0.6) is 0 Å². The lowest BCUT2D eigenvalue weighted by Crippen LogP contribution is -1.97. The highest BCUT2D eigenvalue weighted by molar-refractivity contribution is 9.10. The number of nitrogen functional groups attached to an aromatic ring is 1. The molecule has 1 aromatic rings. The zero-order chi connectivity index (χ0) is 9.30. The van der Waals surface area contributed by atoms with E-state index in [2.05, 4.69) is 20.9 Å². The second-order valence-corrected chi connectivity index (χ2v) is 3.26. The largest absolute Gasteiger partial charge is 0.384 e. The molecule has 0 spiro atoms. The Hall–Kier alpha value is -0.420. The van der Waals surface area contributed by atoms with E-state index in [1.165, 1.54) is 6.07 Å². The topological polar surface area (TPSA) is 38.9 Å². The summed E-state index contributed by atoms with van der Waals surface area (Å²) in [5.74, 6) is 0.0153. The predicted molar refractivity (Wildman–Crippen MR) is 46.3 cm³/mol. The van der Waals surface area contributed by atoms with Gasteiger partial charge in [0, 0.05) is 4.47 Å². The van der Waals surface area contributed by atoms with Crippen LogP contribution in [0.2, 0.25) is 5.02 Å². The smallest absolute Gasteiger partial charge is 0.281 e. The third kappa shape index (κ3) is 1.84. The van der Waals surface area contributed by atoms with Crippen LogP contribution in [0.3, 0.4) is 0 Å². The molecule has 0 aliphatic rings. The number of hydrogen-bond acceptors (Lipinski definition) is 2. The molecular weight excluding hydrogens is 253 g/mol. The van der Waals surface area contributed by atoms with Gasteiger partial charge in [0.05, 0.1) is 5.02 Å². The van der Waals surface area contributed by atoms with Crippen molar-refractivity contribution in [2.24, 2.45) is 0 Å². The predicted octanol–water partition coefficient (Wildman–Crippen LogP) is 3.02. The normalized spacial score (nSPS) is 10.8. The lowest BCUT2D eigenvalue weighted by Gasteiger charge is -2.04. The first-order chi connectivity index (χ1) is 5.52. The number of nitrogens with zero attached hydrogens (tertiary/aromatic N) is 1. The van der Waals surface area contributed by atoms with Crippen LogP contribution in [0.25, 0.3) is 0 Å². The van der Waals surface area contributed by atoms with E-state index in [1.807, 2.05) is 0 Å². The number of rotatable bonds is 1. The highest BCUT2D eigenvalue weighted by atomic mass is 79.9. The number of alkyl halides is 2. The molecule has 0 amide bonds. The molecule has 12 heavy (non-hydrogen) atoms. The van der Waals surface area contributed by atoms with Crippen molar-refractivity contribution in [3.63, 3.8) is 0 Å². The van der Waals surface area contributed by atoms with Crippen LogP contribution in [0.15, 0.2) is 10.5 Å². The van der Waals surface area contributed by atoms with E-state index in [0.29, 0.717) is 4.47 Å². The average molecular weight is 257 g/mol. The summed E-state index contributed by atoms with van der Waals surface area (Å²) in [4.78, 5) is 3.40. The summed E-state index contributed by atoms with van der Waals surface area (Å²) in [6.07, 6.45) is -2.71. The van der Waals surface area contributed by atoms with Gasteiger partial charge in [-0.05, 0) is 22.0 Å². The molecule has 6 heteroatoms. The third-order valence-electron chi connectivity index (χ3n) is 1.17. The molecule has 0 aliphatic carbocycles. The molecule has 0 aromatic carbocycles. The maximum absolute atomic E-state index is 12.2. The monoisotopic (exact) mass is 256 g/mol. The molecule has 1 heterocycles. The molecule has 0 radical (unpaired) electrons. The number of halogens is 4. The van der Waals surface area contributed by atoms with E-state index in [9.17, 15) is 8.78 Å². The van der Waals surface area contributed by atoms with Crippen molar-refractivity contribution in [2.45, 2.75) is 6.43 Å². The zero-order valence-corrected chi connectivity index (χ0v) is 8.03. The van der Waals surface area contributed by atoms with Crippen LogP contribution in [0, 0.1) is 0 Å². The Kier molecular flexibility index (Phi) is 2.85. The first-order valence-electron chi connectivity index (χ1n) is 2.92.